The van der Waals surface area contributed by atoms with Crippen LogP contribution in [0.5, 0.6) is 11.5 Å². The number of phenolic OH excluding ortho intramolecular Hbond substituents is 1. The Labute approximate surface area is 156 Å². The summed E-state index contributed by atoms with van der Waals surface area (Å²) >= 11 is 0. The minimum atomic E-state index is -0.196. The minimum absolute atomic E-state index is 0.196. The number of rotatable bonds is 5. The summed E-state index contributed by atoms with van der Waals surface area (Å²) in [5, 5.41) is 17.9. The van der Waals surface area contributed by atoms with Crippen LogP contribution < -0.4 is 10.1 Å². The van der Waals surface area contributed by atoms with Crippen molar-refractivity contribution in [1.29, 1.82) is 0 Å². The lowest BCUT2D eigenvalue weighted by Gasteiger charge is -2.18. The Morgan fingerprint density at radius 3 is 2.70 bits per heavy atom. The summed E-state index contributed by atoms with van der Waals surface area (Å²) in [5.41, 5.74) is 2.50. The first-order chi connectivity index (χ1) is 13.2. The third-order valence-electron chi connectivity index (χ3n) is 4.39. The first-order valence-corrected chi connectivity index (χ1v) is 8.55. The number of ether oxygens (including phenoxy) is 1. The van der Waals surface area contributed by atoms with Crippen molar-refractivity contribution in [2.75, 3.05) is 12.4 Å². The lowest BCUT2D eigenvalue weighted by molar-refractivity contribution is 0.410. The van der Waals surface area contributed by atoms with Gasteiger partial charge in [0, 0.05) is 17.2 Å². The number of nitrogens with one attached hydrogen (secondary N) is 1. The van der Waals surface area contributed by atoms with E-state index in [-0.39, 0.29) is 11.8 Å². The maximum absolute atomic E-state index is 10.2. The summed E-state index contributed by atoms with van der Waals surface area (Å²) in [6, 6.07) is 16.8. The Balaban J connectivity index is 1.74. The fraction of sp³-hybridized carbons (Fsp3) is 0.150. The molecule has 1 unspecified atom stereocenters. The van der Waals surface area contributed by atoms with Crippen molar-refractivity contribution in [3.05, 3.63) is 66.5 Å². The second-order valence-corrected chi connectivity index (χ2v) is 6.16. The molecule has 0 radical (unpaired) electrons. The quantitative estimate of drug-likeness (QED) is 0.564. The molecule has 0 bridgehead atoms. The highest BCUT2D eigenvalue weighted by Crippen LogP contribution is 2.31. The number of fused-ring (bicyclic) bond motifs is 1. The summed E-state index contributed by atoms with van der Waals surface area (Å²) in [6.07, 6.45) is 1.47. The van der Waals surface area contributed by atoms with Gasteiger partial charge in [-0.05, 0) is 25.1 Å². The molecule has 0 aliphatic rings. The molecule has 0 aliphatic carbocycles. The number of nitrogens with zero attached hydrogens (tertiary/aromatic N) is 4. The molecule has 136 valence electrons. The van der Waals surface area contributed by atoms with Crippen molar-refractivity contribution in [3.63, 3.8) is 0 Å². The zero-order valence-electron chi connectivity index (χ0n) is 15.0. The molecule has 2 aromatic heterocycles. The van der Waals surface area contributed by atoms with Crippen LogP contribution in [0.1, 0.15) is 18.5 Å². The predicted octanol–water partition coefficient (Wildman–Crippen LogP) is 3.68. The van der Waals surface area contributed by atoms with Crippen LogP contribution >= 0.6 is 0 Å². The zero-order valence-corrected chi connectivity index (χ0v) is 15.0. The van der Waals surface area contributed by atoms with E-state index in [1.54, 1.807) is 23.8 Å². The van der Waals surface area contributed by atoms with Gasteiger partial charge in [0.1, 0.15) is 23.6 Å². The number of anilines is 1. The lowest BCUT2D eigenvalue weighted by atomic mass is 10.1. The topological polar surface area (TPSA) is 84.6 Å². The standard InChI is InChI=1S/C20H19N5O2/c1-13(16-10-15(27-2)8-9-18(16)26)23-19-11-17(14-6-4-3-5-7-14)24-20-21-12-22-25(19)20/h3-13,23,26H,1-2H3. The van der Waals surface area contributed by atoms with Crippen molar-refractivity contribution in [3.8, 4) is 22.8 Å². The van der Waals surface area contributed by atoms with Gasteiger partial charge >= 0.3 is 0 Å². The molecular formula is C20H19N5O2. The molecule has 1 atom stereocenters. The highest BCUT2D eigenvalue weighted by Gasteiger charge is 2.15. The van der Waals surface area contributed by atoms with Crippen LogP contribution in [0.3, 0.4) is 0 Å². The van der Waals surface area contributed by atoms with E-state index in [1.807, 2.05) is 49.4 Å². The van der Waals surface area contributed by atoms with Gasteiger partial charge in [-0.2, -0.15) is 14.6 Å². The van der Waals surface area contributed by atoms with E-state index < -0.39 is 0 Å². The molecule has 2 heterocycles. The van der Waals surface area contributed by atoms with Crippen molar-refractivity contribution in [2.24, 2.45) is 0 Å². The SMILES string of the molecule is COc1ccc(O)c(C(C)Nc2cc(-c3ccccc3)nc3ncnn23)c1. The minimum Gasteiger partial charge on any atom is -0.508 e. The summed E-state index contributed by atoms with van der Waals surface area (Å²) in [6.45, 7) is 1.96. The molecule has 7 nitrogen and oxygen atoms in total. The van der Waals surface area contributed by atoms with Crippen LogP contribution in [-0.4, -0.2) is 31.8 Å². The van der Waals surface area contributed by atoms with Gasteiger partial charge in [0.25, 0.3) is 5.78 Å². The van der Waals surface area contributed by atoms with Gasteiger partial charge in [-0.15, -0.1) is 0 Å². The van der Waals surface area contributed by atoms with Crippen molar-refractivity contribution in [2.45, 2.75) is 13.0 Å². The van der Waals surface area contributed by atoms with E-state index in [1.165, 1.54) is 6.33 Å². The number of benzene rings is 2. The van der Waals surface area contributed by atoms with Crippen LogP contribution in [0.25, 0.3) is 17.0 Å². The number of aromatic hydroxyl groups is 1. The van der Waals surface area contributed by atoms with Gasteiger partial charge in [0.2, 0.25) is 0 Å². The number of aromatic nitrogens is 4. The maximum Gasteiger partial charge on any atom is 0.254 e. The second kappa shape index (κ2) is 6.95. The normalized spacial score (nSPS) is 12.1. The zero-order chi connectivity index (χ0) is 18.8. The summed E-state index contributed by atoms with van der Waals surface area (Å²) in [7, 11) is 1.60. The highest BCUT2D eigenvalue weighted by atomic mass is 16.5. The van der Waals surface area contributed by atoms with Crippen LogP contribution in [0.2, 0.25) is 0 Å². The van der Waals surface area contributed by atoms with Crippen molar-refractivity contribution < 1.29 is 9.84 Å². The maximum atomic E-state index is 10.2. The molecule has 0 saturated carbocycles. The molecule has 0 fully saturated rings. The molecule has 2 N–H and O–H groups in total. The Morgan fingerprint density at radius 1 is 1.11 bits per heavy atom. The third-order valence-corrected chi connectivity index (χ3v) is 4.39. The third kappa shape index (κ3) is 3.27. The monoisotopic (exact) mass is 361 g/mol. The summed E-state index contributed by atoms with van der Waals surface area (Å²) in [4.78, 5) is 8.79. The van der Waals surface area contributed by atoms with Gasteiger partial charge in [0.15, 0.2) is 0 Å². The lowest BCUT2D eigenvalue weighted by Crippen LogP contribution is -2.11. The number of phenols is 1. The van der Waals surface area contributed by atoms with E-state index in [0.717, 1.165) is 22.6 Å². The number of hydrogen-bond acceptors (Lipinski definition) is 6. The smallest absolute Gasteiger partial charge is 0.254 e. The molecule has 7 heteroatoms. The van der Waals surface area contributed by atoms with Gasteiger partial charge in [-0.25, -0.2) is 4.98 Å². The first kappa shape index (κ1) is 16.8. The number of hydrogen-bond donors (Lipinski definition) is 2. The largest absolute Gasteiger partial charge is 0.508 e. The van der Waals surface area contributed by atoms with Crippen LogP contribution in [0, 0.1) is 0 Å². The van der Waals surface area contributed by atoms with Crippen LogP contribution in [-0.2, 0) is 0 Å². The Bertz CT molecular complexity index is 1080. The van der Waals surface area contributed by atoms with E-state index in [2.05, 4.69) is 20.4 Å². The summed E-state index contributed by atoms with van der Waals surface area (Å²) < 4.78 is 6.91. The van der Waals surface area contributed by atoms with E-state index in [9.17, 15) is 5.11 Å². The van der Waals surface area contributed by atoms with Gasteiger partial charge in [-0.1, -0.05) is 30.3 Å². The molecule has 0 amide bonds. The van der Waals surface area contributed by atoms with Crippen molar-refractivity contribution >= 4 is 11.6 Å². The molecular weight excluding hydrogens is 342 g/mol. The number of methoxy groups -OCH3 is 1. The van der Waals surface area contributed by atoms with Crippen molar-refractivity contribution in [1.82, 2.24) is 19.6 Å². The first-order valence-electron chi connectivity index (χ1n) is 8.55. The molecule has 27 heavy (non-hydrogen) atoms. The fourth-order valence-electron chi connectivity index (χ4n) is 2.98. The molecule has 0 saturated heterocycles. The van der Waals surface area contributed by atoms with E-state index in [0.29, 0.717) is 11.5 Å². The predicted molar refractivity (Wildman–Crippen MR) is 103 cm³/mol. The molecule has 2 aromatic carbocycles. The van der Waals surface area contributed by atoms with E-state index in [4.69, 9.17) is 4.74 Å². The molecule has 4 aromatic rings. The van der Waals surface area contributed by atoms with Crippen LogP contribution in [0.15, 0.2) is 60.9 Å². The Hall–Kier alpha value is -3.61. The van der Waals surface area contributed by atoms with E-state index >= 15 is 0 Å². The average Bonchev–Trinajstić information content (AvgIpc) is 3.18. The summed E-state index contributed by atoms with van der Waals surface area (Å²) in [5.74, 6) is 2.11. The molecule has 0 aliphatic heterocycles. The highest BCUT2D eigenvalue weighted by molar-refractivity contribution is 5.65. The fourth-order valence-corrected chi connectivity index (χ4v) is 2.98. The van der Waals surface area contributed by atoms with Gasteiger partial charge < -0.3 is 15.2 Å². The molecule has 4 rings (SSSR count). The average molecular weight is 361 g/mol. The molecule has 0 spiro atoms. The van der Waals surface area contributed by atoms with Crippen LogP contribution in [0.4, 0.5) is 5.82 Å². The van der Waals surface area contributed by atoms with Gasteiger partial charge in [0.05, 0.1) is 18.8 Å². The Kier molecular flexibility index (Phi) is 4.33. The Morgan fingerprint density at radius 2 is 1.93 bits per heavy atom. The second-order valence-electron chi connectivity index (χ2n) is 6.16. The van der Waals surface area contributed by atoms with Gasteiger partial charge in [-0.3, -0.25) is 0 Å².